The first-order valence-corrected chi connectivity index (χ1v) is 10.4. The second-order valence-corrected chi connectivity index (χ2v) is 9.29. The second-order valence-electron chi connectivity index (χ2n) is 9.29. The maximum Gasteiger partial charge on any atom is 0.322 e. The minimum absolute atomic E-state index is 0.0310. The number of phenols is 1. The van der Waals surface area contributed by atoms with E-state index in [4.69, 9.17) is 5.11 Å². The Labute approximate surface area is 171 Å². The Balaban J connectivity index is 1.59. The van der Waals surface area contributed by atoms with Crippen molar-refractivity contribution in [1.82, 2.24) is 9.97 Å². The Kier molecular flexibility index (Phi) is 5.19. The van der Waals surface area contributed by atoms with E-state index < -0.39 is 5.97 Å². The summed E-state index contributed by atoms with van der Waals surface area (Å²) in [4.78, 5) is 19.4. The molecule has 3 N–H and O–H groups in total. The molecule has 0 aliphatic heterocycles. The van der Waals surface area contributed by atoms with Gasteiger partial charge in [-0.3, -0.25) is 4.79 Å². The second kappa shape index (κ2) is 7.65. The lowest BCUT2D eigenvalue weighted by molar-refractivity contribution is -0.134. The minimum Gasteiger partial charge on any atom is -0.508 e. The Morgan fingerprint density at radius 2 is 1.83 bits per heavy atom. The fourth-order valence-corrected chi connectivity index (χ4v) is 5.71. The molecule has 2 aliphatic carbocycles. The molecule has 2 saturated carbocycles. The molecule has 1 aromatic carbocycles. The van der Waals surface area contributed by atoms with Gasteiger partial charge in [-0.25, -0.2) is 9.97 Å². The van der Waals surface area contributed by atoms with E-state index in [1.807, 2.05) is 12.1 Å². The van der Waals surface area contributed by atoms with Gasteiger partial charge in [-0.2, -0.15) is 0 Å². The van der Waals surface area contributed by atoms with Gasteiger partial charge in [0.1, 0.15) is 12.3 Å². The van der Waals surface area contributed by atoms with Crippen molar-refractivity contribution in [3.05, 3.63) is 36.2 Å². The Morgan fingerprint density at radius 1 is 1.17 bits per heavy atom. The molecule has 0 amide bonds. The molecule has 0 spiro atoms. The van der Waals surface area contributed by atoms with Crippen LogP contribution in [0, 0.1) is 17.8 Å². The van der Waals surface area contributed by atoms with Crippen molar-refractivity contribution >= 4 is 11.7 Å². The molecule has 2 atom stereocenters. The number of phenolic OH excluding ortho intramolecular Hbond substituents is 1. The van der Waals surface area contributed by atoms with Crippen LogP contribution in [0.5, 0.6) is 5.75 Å². The number of fused-ring (bicyclic) bond motifs is 2. The lowest BCUT2D eigenvalue weighted by atomic mass is 9.57. The van der Waals surface area contributed by atoms with Gasteiger partial charge in [-0.1, -0.05) is 13.8 Å². The fourth-order valence-electron chi connectivity index (χ4n) is 5.71. The first kappa shape index (κ1) is 19.7. The number of carboxylic acid groups (broad SMARTS) is 1. The van der Waals surface area contributed by atoms with Crippen LogP contribution in [0.4, 0.5) is 5.69 Å². The van der Waals surface area contributed by atoms with E-state index in [0.29, 0.717) is 17.3 Å². The molecule has 154 valence electrons. The van der Waals surface area contributed by atoms with Crippen molar-refractivity contribution in [2.45, 2.75) is 51.4 Å². The maximum absolute atomic E-state index is 10.7. The number of rotatable bonds is 5. The van der Waals surface area contributed by atoms with Crippen molar-refractivity contribution in [2.75, 3.05) is 11.9 Å². The first-order valence-electron chi connectivity index (χ1n) is 10.4. The largest absolute Gasteiger partial charge is 0.508 e. The predicted molar refractivity (Wildman–Crippen MR) is 112 cm³/mol. The zero-order valence-corrected chi connectivity index (χ0v) is 17.1. The van der Waals surface area contributed by atoms with E-state index in [-0.39, 0.29) is 12.0 Å². The third kappa shape index (κ3) is 4.21. The van der Waals surface area contributed by atoms with E-state index in [0.717, 1.165) is 41.7 Å². The highest BCUT2D eigenvalue weighted by Crippen LogP contribution is 2.53. The molecule has 2 aromatic rings. The Hall–Kier alpha value is -2.63. The summed E-state index contributed by atoms with van der Waals surface area (Å²) in [5, 5.41) is 22.2. The van der Waals surface area contributed by atoms with Gasteiger partial charge in [0.15, 0.2) is 5.82 Å². The van der Waals surface area contributed by atoms with E-state index >= 15 is 0 Å². The molecule has 2 unspecified atom stereocenters. The van der Waals surface area contributed by atoms with Gasteiger partial charge in [0.25, 0.3) is 0 Å². The summed E-state index contributed by atoms with van der Waals surface area (Å²) < 4.78 is 0. The van der Waals surface area contributed by atoms with Gasteiger partial charge in [0.2, 0.25) is 0 Å². The molecule has 0 saturated heterocycles. The number of nitrogens with one attached hydrogen (secondary N) is 1. The predicted octanol–water partition coefficient (Wildman–Crippen LogP) is 4.45. The van der Waals surface area contributed by atoms with Crippen LogP contribution >= 0.6 is 0 Å². The summed E-state index contributed by atoms with van der Waals surface area (Å²) in [6, 6.07) is 5.63. The number of carbonyl (C=O) groups is 1. The average Bonchev–Trinajstić information content (AvgIpc) is 2.66. The summed E-state index contributed by atoms with van der Waals surface area (Å²) in [6.45, 7) is 4.48. The van der Waals surface area contributed by atoms with Gasteiger partial charge in [-0.05, 0) is 73.5 Å². The lowest BCUT2D eigenvalue weighted by Gasteiger charge is -2.47. The van der Waals surface area contributed by atoms with Crippen LogP contribution in [0.3, 0.4) is 0 Å². The highest BCUT2D eigenvalue weighted by molar-refractivity contribution is 5.72. The molecule has 6 nitrogen and oxygen atoms in total. The lowest BCUT2D eigenvalue weighted by Crippen LogP contribution is -2.38. The summed E-state index contributed by atoms with van der Waals surface area (Å²) in [5.74, 6) is 2.27. The zero-order valence-electron chi connectivity index (χ0n) is 17.1. The maximum atomic E-state index is 10.7. The van der Waals surface area contributed by atoms with Gasteiger partial charge in [-0.15, -0.1) is 0 Å². The summed E-state index contributed by atoms with van der Waals surface area (Å²) in [7, 11) is 0. The minimum atomic E-state index is -0.933. The van der Waals surface area contributed by atoms with Gasteiger partial charge < -0.3 is 15.5 Å². The van der Waals surface area contributed by atoms with E-state index in [2.05, 4.69) is 29.1 Å². The summed E-state index contributed by atoms with van der Waals surface area (Å²) >= 11 is 0. The number of carboxylic acids is 1. The fraction of sp³-hybridized carbons (Fsp3) is 0.522. The molecule has 2 bridgehead atoms. The molecular weight excluding hydrogens is 366 g/mol. The smallest absolute Gasteiger partial charge is 0.322 e. The first-order chi connectivity index (χ1) is 13.8. The van der Waals surface area contributed by atoms with Crippen LogP contribution in [-0.4, -0.2) is 32.7 Å². The number of aromatic nitrogens is 2. The number of anilines is 1. The molecule has 4 rings (SSSR count). The molecule has 2 fully saturated rings. The van der Waals surface area contributed by atoms with Crippen LogP contribution < -0.4 is 5.32 Å². The van der Waals surface area contributed by atoms with E-state index in [1.54, 1.807) is 18.5 Å². The summed E-state index contributed by atoms with van der Waals surface area (Å²) in [5.41, 5.74) is 2.40. The quantitative estimate of drug-likeness (QED) is 0.692. The van der Waals surface area contributed by atoms with Crippen molar-refractivity contribution < 1.29 is 15.0 Å². The molecule has 1 aromatic heterocycles. The Morgan fingerprint density at radius 3 is 2.45 bits per heavy atom. The Bertz CT molecular complexity index is 879. The van der Waals surface area contributed by atoms with E-state index in [1.165, 1.54) is 19.3 Å². The third-order valence-electron chi connectivity index (χ3n) is 6.62. The van der Waals surface area contributed by atoms with Crippen LogP contribution in [0.2, 0.25) is 0 Å². The van der Waals surface area contributed by atoms with Crippen molar-refractivity contribution in [3.63, 3.8) is 0 Å². The van der Waals surface area contributed by atoms with Crippen LogP contribution in [0.25, 0.3) is 11.4 Å². The number of nitrogens with zero attached hydrogens (tertiary/aromatic N) is 2. The van der Waals surface area contributed by atoms with Crippen molar-refractivity contribution in [1.29, 1.82) is 0 Å². The van der Waals surface area contributed by atoms with E-state index in [9.17, 15) is 9.90 Å². The molecule has 2 aliphatic rings. The SMILES string of the molecule is CC1CC2CC(C1)CC(C)(c1cc(-c3ncc(NCC(=O)O)cn3)ccc1O)C2. The van der Waals surface area contributed by atoms with Crippen LogP contribution in [0.15, 0.2) is 30.6 Å². The molecule has 1 heterocycles. The molecular formula is C23H29N3O3. The topological polar surface area (TPSA) is 95.3 Å². The van der Waals surface area contributed by atoms with Gasteiger partial charge in [0, 0.05) is 11.1 Å². The molecule has 0 radical (unpaired) electrons. The average molecular weight is 396 g/mol. The number of benzene rings is 1. The normalized spacial score (nSPS) is 28.7. The summed E-state index contributed by atoms with van der Waals surface area (Å²) in [6.07, 6.45) is 9.32. The number of aliphatic carboxylic acids is 1. The highest BCUT2D eigenvalue weighted by atomic mass is 16.4. The molecule has 29 heavy (non-hydrogen) atoms. The van der Waals surface area contributed by atoms with Gasteiger partial charge in [0.05, 0.1) is 18.1 Å². The van der Waals surface area contributed by atoms with Crippen molar-refractivity contribution in [3.8, 4) is 17.1 Å². The number of hydrogen-bond donors (Lipinski definition) is 3. The monoisotopic (exact) mass is 395 g/mol. The van der Waals surface area contributed by atoms with Crippen LogP contribution in [0.1, 0.15) is 51.5 Å². The van der Waals surface area contributed by atoms with Gasteiger partial charge >= 0.3 is 5.97 Å². The number of hydrogen-bond acceptors (Lipinski definition) is 5. The third-order valence-corrected chi connectivity index (χ3v) is 6.62. The zero-order chi connectivity index (χ0) is 20.6. The highest BCUT2D eigenvalue weighted by Gasteiger charge is 2.43. The van der Waals surface area contributed by atoms with Crippen LogP contribution in [-0.2, 0) is 10.2 Å². The van der Waals surface area contributed by atoms with Crippen molar-refractivity contribution in [2.24, 2.45) is 17.8 Å². The molecule has 6 heteroatoms. The standard InChI is InChI=1S/C23H29N3O3/c1-14-5-15-7-16(6-14)10-23(2,9-15)19-8-17(3-4-20(19)27)22-25-11-18(12-26-22)24-13-21(28)29/h3-4,8,11-12,14-16,24,27H,5-7,9-10,13H2,1-2H3,(H,28,29). The number of aromatic hydroxyl groups is 1.